The minimum atomic E-state index is -0.700. The van der Waals surface area contributed by atoms with Gasteiger partial charge in [0.2, 0.25) is 5.89 Å². The Kier molecular flexibility index (Phi) is 7.24. The van der Waals surface area contributed by atoms with Crippen molar-refractivity contribution in [2.75, 3.05) is 13.2 Å². The molecular formula is C19H17Cl2N3O4S. The van der Waals surface area contributed by atoms with Crippen molar-refractivity contribution < 1.29 is 18.7 Å². The summed E-state index contributed by atoms with van der Waals surface area (Å²) in [5.41, 5.74) is 0.142. The van der Waals surface area contributed by atoms with Crippen molar-refractivity contribution in [3.63, 3.8) is 0 Å². The minimum absolute atomic E-state index is 0.129. The normalized spacial score (nSPS) is 10.7. The maximum Gasteiger partial charge on any atom is 0.340 e. The van der Waals surface area contributed by atoms with Gasteiger partial charge in [-0.2, -0.15) is 0 Å². The summed E-state index contributed by atoms with van der Waals surface area (Å²) in [5, 5.41) is 10.5. The molecule has 3 rings (SSSR count). The molecule has 29 heavy (non-hydrogen) atoms. The van der Waals surface area contributed by atoms with Crippen LogP contribution < -0.4 is 0 Å². The van der Waals surface area contributed by atoms with E-state index < -0.39 is 12.6 Å². The summed E-state index contributed by atoms with van der Waals surface area (Å²) < 4.78 is 10.8. The molecule has 0 N–H and O–H groups in total. The first-order chi connectivity index (χ1) is 14.0. The predicted molar refractivity (Wildman–Crippen MR) is 110 cm³/mol. The van der Waals surface area contributed by atoms with Gasteiger partial charge in [-0.05, 0) is 36.1 Å². The Morgan fingerprint density at radius 2 is 2.07 bits per heavy atom. The van der Waals surface area contributed by atoms with Gasteiger partial charge in [0.25, 0.3) is 11.8 Å². The molecule has 0 aliphatic heterocycles. The van der Waals surface area contributed by atoms with Crippen LogP contribution in [-0.4, -0.2) is 40.1 Å². The SMILES string of the molecule is CCCN(Cc1nnc(-c2cccs2)o1)C(=O)COC(=O)c1ccc(Cl)cc1Cl. The second-order valence-electron chi connectivity index (χ2n) is 5.99. The standard InChI is InChI=1S/C19H17Cl2N3O4S/c1-2-7-24(10-16-22-23-18(28-16)15-4-3-8-29-15)17(25)11-27-19(26)13-6-5-12(20)9-14(13)21/h3-6,8-9H,2,7,10-11H2,1H3. The topological polar surface area (TPSA) is 85.5 Å². The van der Waals surface area contributed by atoms with Crippen molar-refractivity contribution in [1.82, 2.24) is 15.1 Å². The number of hydrogen-bond donors (Lipinski definition) is 0. The number of ether oxygens (including phenoxy) is 1. The van der Waals surface area contributed by atoms with Gasteiger partial charge in [0.05, 0.1) is 22.0 Å². The van der Waals surface area contributed by atoms with Gasteiger partial charge in [-0.3, -0.25) is 4.79 Å². The highest BCUT2D eigenvalue weighted by Crippen LogP contribution is 2.24. The first-order valence-electron chi connectivity index (χ1n) is 8.74. The van der Waals surface area contributed by atoms with Crippen LogP contribution >= 0.6 is 34.5 Å². The second kappa shape index (κ2) is 9.87. The lowest BCUT2D eigenvalue weighted by atomic mass is 10.2. The fraction of sp³-hybridized carbons (Fsp3) is 0.263. The molecule has 1 aromatic carbocycles. The third-order valence-electron chi connectivity index (χ3n) is 3.85. The Balaban J connectivity index is 1.61. The molecule has 10 heteroatoms. The molecule has 0 bridgehead atoms. The van der Waals surface area contributed by atoms with Crippen LogP contribution in [0.15, 0.2) is 40.1 Å². The highest BCUT2D eigenvalue weighted by atomic mass is 35.5. The highest BCUT2D eigenvalue weighted by molar-refractivity contribution is 7.13. The number of halogens is 2. The van der Waals surface area contributed by atoms with Crippen LogP contribution in [0.3, 0.4) is 0 Å². The van der Waals surface area contributed by atoms with E-state index in [-0.39, 0.29) is 23.0 Å². The van der Waals surface area contributed by atoms with Crippen molar-refractivity contribution in [1.29, 1.82) is 0 Å². The number of benzene rings is 1. The summed E-state index contributed by atoms with van der Waals surface area (Å²) >= 11 is 13.3. The molecule has 152 valence electrons. The average molecular weight is 454 g/mol. The third-order valence-corrected chi connectivity index (χ3v) is 5.25. The molecule has 0 unspecified atom stereocenters. The van der Waals surface area contributed by atoms with E-state index in [1.807, 2.05) is 24.4 Å². The zero-order valence-corrected chi connectivity index (χ0v) is 17.8. The molecule has 7 nitrogen and oxygen atoms in total. The van der Waals surface area contributed by atoms with E-state index in [4.69, 9.17) is 32.4 Å². The Morgan fingerprint density at radius 3 is 2.76 bits per heavy atom. The zero-order chi connectivity index (χ0) is 20.8. The van der Waals surface area contributed by atoms with Crippen LogP contribution in [0.1, 0.15) is 29.6 Å². The Hall–Kier alpha value is -2.42. The van der Waals surface area contributed by atoms with Gasteiger partial charge in [-0.1, -0.05) is 36.2 Å². The molecule has 0 spiro atoms. The van der Waals surface area contributed by atoms with E-state index in [2.05, 4.69) is 10.2 Å². The summed E-state index contributed by atoms with van der Waals surface area (Å²) in [6.45, 7) is 2.09. The number of carbonyl (C=O) groups is 2. The van der Waals surface area contributed by atoms with Crippen LogP contribution in [0.25, 0.3) is 10.8 Å². The summed E-state index contributed by atoms with van der Waals surface area (Å²) in [5.74, 6) is -0.361. The van der Waals surface area contributed by atoms with Crippen molar-refractivity contribution in [2.24, 2.45) is 0 Å². The van der Waals surface area contributed by atoms with E-state index in [0.29, 0.717) is 29.8 Å². The van der Waals surface area contributed by atoms with Gasteiger partial charge in [0.1, 0.15) is 0 Å². The number of carbonyl (C=O) groups excluding carboxylic acids is 2. The lowest BCUT2D eigenvalue weighted by Crippen LogP contribution is -2.35. The van der Waals surface area contributed by atoms with Crippen molar-refractivity contribution in [3.8, 4) is 10.8 Å². The van der Waals surface area contributed by atoms with E-state index >= 15 is 0 Å². The van der Waals surface area contributed by atoms with Crippen molar-refractivity contribution in [3.05, 3.63) is 57.2 Å². The number of hydrogen-bond acceptors (Lipinski definition) is 7. The van der Waals surface area contributed by atoms with Crippen LogP contribution in [0.4, 0.5) is 0 Å². The van der Waals surface area contributed by atoms with Crippen LogP contribution in [0.2, 0.25) is 10.0 Å². The van der Waals surface area contributed by atoms with E-state index in [1.54, 1.807) is 0 Å². The van der Waals surface area contributed by atoms with Crippen molar-refractivity contribution >= 4 is 46.4 Å². The van der Waals surface area contributed by atoms with Gasteiger partial charge >= 0.3 is 5.97 Å². The smallest absolute Gasteiger partial charge is 0.340 e. The first-order valence-corrected chi connectivity index (χ1v) is 10.4. The molecule has 0 saturated heterocycles. The molecule has 0 atom stereocenters. The molecule has 2 aromatic heterocycles. The number of nitrogens with zero attached hydrogens (tertiary/aromatic N) is 3. The highest BCUT2D eigenvalue weighted by Gasteiger charge is 2.20. The molecule has 0 fully saturated rings. The molecule has 0 aliphatic rings. The molecule has 0 aliphatic carbocycles. The third kappa shape index (κ3) is 5.56. The Morgan fingerprint density at radius 1 is 1.24 bits per heavy atom. The molecule has 0 saturated carbocycles. The molecule has 3 aromatic rings. The van der Waals surface area contributed by atoms with E-state index in [1.165, 1.54) is 34.4 Å². The van der Waals surface area contributed by atoms with Crippen molar-refractivity contribution in [2.45, 2.75) is 19.9 Å². The summed E-state index contributed by atoms with van der Waals surface area (Å²) in [6, 6.07) is 8.17. The van der Waals surface area contributed by atoms with Crippen LogP contribution in [-0.2, 0) is 16.1 Å². The lowest BCUT2D eigenvalue weighted by molar-refractivity contribution is -0.135. The maximum absolute atomic E-state index is 12.6. The molecular weight excluding hydrogens is 437 g/mol. The van der Waals surface area contributed by atoms with E-state index in [9.17, 15) is 9.59 Å². The van der Waals surface area contributed by atoms with Crippen LogP contribution in [0, 0.1) is 0 Å². The first kappa shape index (κ1) is 21.3. The maximum atomic E-state index is 12.6. The van der Waals surface area contributed by atoms with Gasteiger partial charge in [-0.25, -0.2) is 4.79 Å². The quantitative estimate of drug-likeness (QED) is 0.459. The van der Waals surface area contributed by atoms with E-state index in [0.717, 1.165) is 4.88 Å². The lowest BCUT2D eigenvalue weighted by Gasteiger charge is -2.20. The monoisotopic (exact) mass is 453 g/mol. The van der Waals surface area contributed by atoms with Gasteiger partial charge in [0, 0.05) is 11.6 Å². The minimum Gasteiger partial charge on any atom is -0.452 e. The number of thiophene rings is 1. The van der Waals surface area contributed by atoms with Gasteiger partial charge in [-0.15, -0.1) is 21.5 Å². The largest absolute Gasteiger partial charge is 0.452 e. The molecule has 2 heterocycles. The predicted octanol–water partition coefficient (Wildman–Crippen LogP) is 4.70. The number of amides is 1. The average Bonchev–Trinajstić information content (AvgIpc) is 3.37. The van der Waals surface area contributed by atoms with Gasteiger partial charge in [0.15, 0.2) is 6.61 Å². The number of aromatic nitrogens is 2. The Labute approximate surface area is 181 Å². The molecule has 0 radical (unpaired) electrons. The summed E-state index contributed by atoms with van der Waals surface area (Å²) in [6.07, 6.45) is 0.717. The Bertz CT molecular complexity index is 991. The zero-order valence-electron chi connectivity index (χ0n) is 15.4. The number of rotatable bonds is 8. The van der Waals surface area contributed by atoms with Crippen LogP contribution in [0.5, 0.6) is 0 Å². The summed E-state index contributed by atoms with van der Waals surface area (Å²) in [4.78, 5) is 27.1. The molecule has 1 amide bonds. The fourth-order valence-electron chi connectivity index (χ4n) is 2.49. The second-order valence-corrected chi connectivity index (χ2v) is 7.79. The summed E-state index contributed by atoms with van der Waals surface area (Å²) in [7, 11) is 0. The fourth-order valence-corrected chi connectivity index (χ4v) is 3.62. The number of esters is 1. The van der Waals surface area contributed by atoms with Gasteiger partial charge < -0.3 is 14.1 Å².